The monoisotopic (exact) mass is 418 g/mol. The molecule has 6 nitrogen and oxygen atoms in total. The van der Waals surface area contributed by atoms with Crippen LogP contribution in [0.4, 0.5) is 5.82 Å². The average Bonchev–Trinajstić information content (AvgIpc) is 3.48. The minimum absolute atomic E-state index is 0.249. The Morgan fingerprint density at radius 3 is 2.81 bits per heavy atom. The lowest BCUT2D eigenvalue weighted by Gasteiger charge is -2.33. The molecular weight excluding hydrogens is 388 g/mol. The summed E-state index contributed by atoms with van der Waals surface area (Å²) in [4.78, 5) is 14.6. The number of rotatable bonds is 7. The Balaban J connectivity index is 1.41. The second-order valence-electron chi connectivity index (χ2n) is 8.56. The van der Waals surface area contributed by atoms with Gasteiger partial charge in [0.25, 0.3) is 0 Å². The molecule has 1 fully saturated rings. The summed E-state index contributed by atoms with van der Waals surface area (Å²) < 4.78 is 11.6. The standard InChI is InChI=1S/C25H30N4O2/c1-19-26-24-18-28(15-20-7-3-2-4-8-20)12-11-23(24)25(27-19)29(16-21-9-5-13-30-21)17-22-10-6-14-31-22/h2-5,7-9,13,22H,6,10-12,14-18H2,1H3. The Bertz CT molecular complexity index is 984. The van der Waals surface area contributed by atoms with Gasteiger partial charge in [-0.2, -0.15) is 0 Å². The Kier molecular flexibility index (Phi) is 6.00. The van der Waals surface area contributed by atoms with Gasteiger partial charge < -0.3 is 14.1 Å². The van der Waals surface area contributed by atoms with E-state index in [0.717, 1.165) is 75.1 Å². The molecule has 2 aromatic heterocycles. The van der Waals surface area contributed by atoms with Crippen molar-refractivity contribution < 1.29 is 9.15 Å². The van der Waals surface area contributed by atoms with E-state index < -0.39 is 0 Å². The van der Waals surface area contributed by atoms with E-state index in [1.165, 1.54) is 11.1 Å². The number of fused-ring (bicyclic) bond motifs is 1. The number of aryl methyl sites for hydroxylation is 1. The highest BCUT2D eigenvalue weighted by Gasteiger charge is 2.27. The zero-order chi connectivity index (χ0) is 21.0. The van der Waals surface area contributed by atoms with Crippen molar-refractivity contribution >= 4 is 5.82 Å². The van der Waals surface area contributed by atoms with Crippen molar-refractivity contribution in [1.82, 2.24) is 14.9 Å². The predicted octanol–water partition coefficient (Wildman–Crippen LogP) is 4.12. The van der Waals surface area contributed by atoms with Crippen LogP contribution in [0, 0.1) is 6.92 Å². The Hall–Kier alpha value is -2.70. The highest BCUT2D eigenvalue weighted by atomic mass is 16.5. The van der Waals surface area contributed by atoms with Crippen LogP contribution in [0.1, 0.15) is 41.2 Å². The fourth-order valence-electron chi connectivity index (χ4n) is 4.67. The Morgan fingerprint density at radius 2 is 2.03 bits per heavy atom. The average molecular weight is 419 g/mol. The number of furan rings is 1. The third kappa shape index (κ3) is 4.81. The molecule has 5 rings (SSSR count). The Morgan fingerprint density at radius 1 is 1.13 bits per heavy atom. The fourth-order valence-corrected chi connectivity index (χ4v) is 4.67. The molecule has 0 radical (unpaired) electrons. The maximum absolute atomic E-state index is 5.96. The molecule has 6 heteroatoms. The van der Waals surface area contributed by atoms with Gasteiger partial charge >= 0.3 is 0 Å². The van der Waals surface area contributed by atoms with Gasteiger partial charge in [-0.15, -0.1) is 0 Å². The van der Waals surface area contributed by atoms with Crippen molar-refractivity contribution in [2.45, 2.75) is 51.9 Å². The number of hydrogen-bond donors (Lipinski definition) is 0. The topological polar surface area (TPSA) is 54.6 Å². The van der Waals surface area contributed by atoms with E-state index in [1.54, 1.807) is 6.26 Å². The van der Waals surface area contributed by atoms with Crippen LogP contribution in [0.15, 0.2) is 53.1 Å². The van der Waals surface area contributed by atoms with E-state index in [4.69, 9.17) is 19.1 Å². The zero-order valence-corrected chi connectivity index (χ0v) is 18.2. The summed E-state index contributed by atoms with van der Waals surface area (Å²) in [5.74, 6) is 2.82. The molecule has 2 aliphatic rings. The minimum Gasteiger partial charge on any atom is -0.467 e. The largest absolute Gasteiger partial charge is 0.467 e. The number of nitrogens with zero attached hydrogens (tertiary/aromatic N) is 4. The first kappa shape index (κ1) is 20.2. The van der Waals surface area contributed by atoms with Crippen molar-refractivity contribution in [3.8, 4) is 0 Å². The molecule has 0 bridgehead atoms. The fraction of sp³-hybridized carbons (Fsp3) is 0.440. The number of anilines is 1. The number of hydrogen-bond acceptors (Lipinski definition) is 6. The van der Waals surface area contributed by atoms with Crippen LogP contribution in [0.5, 0.6) is 0 Å². The summed E-state index contributed by atoms with van der Waals surface area (Å²) in [6, 6.07) is 14.6. The van der Waals surface area contributed by atoms with Gasteiger partial charge in [-0.25, -0.2) is 9.97 Å². The van der Waals surface area contributed by atoms with E-state index in [2.05, 4.69) is 40.1 Å². The molecule has 162 valence electrons. The first-order chi connectivity index (χ1) is 15.2. The lowest BCUT2D eigenvalue weighted by Crippen LogP contribution is -2.36. The summed E-state index contributed by atoms with van der Waals surface area (Å²) in [6.07, 6.45) is 5.18. The molecule has 2 aliphatic heterocycles. The molecule has 1 atom stereocenters. The van der Waals surface area contributed by atoms with Gasteiger partial charge in [0.1, 0.15) is 17.4 Å². The predicted molar refractivity (Wildman–Crippen MR) is 120 cm³/mol. The van der Waals surface area contributed by atoms with Gasteiger partial charge in [0.05, 0.1) is 24.6 Å². The van der Waals surface area contributed by atoms with Crippen molar-refractivity contribution in [1.29, 1.82) is 0 Å². The Labute approximate surface area is 183 Å². The van der Waals surface area contributed by atoms with Gasteiger partial charge in [-0.1, -0.05) is 30.3 Å². The molecule has 0 spiro atoms. The summed E-state index contributed by atoms with van der Waals surface area (Å²) in [7, 11) is 0. The van der Waals surface area contributed by atoms with Gasteiger partial charge in [-0.05, 0) is 43.9 Å². The minimum atomic E-state index is 0.249. The first-order valence-corrected chi connectivity index (χ1v) is 11.3. The molecule has 0 aliphatic carbocycles. The molecular formula is C25H30N4O2. The van der Waals surface area contributed by atoms with Crippen LogP contribution in [-0.4, -0.2) is 40.7 Å². The molecule has 0 amide bonds. The third-order valence-corrected chi connectivity index (χ3v) is 6.16. The highest BCUT2D eigenvalue weighted by molar-refractivity contribution is 5.51. The molecule has 1 saturated heterocycles. The number of aromatic nitrogens is 2. The van der Waals surface area contributed by atoms with Crippen LogP contribution in [0.25, 0.3) is 0 Å². The smallest absolute Gasteiger partial charge is 0.136 e. The van der Waals surface area contributed by atoms with Crippen LogP contribution in [0.2, 0.25) is 0 Å². The van der Waals surface area contributed by atoms with E-state index in [9.17, 15) is 0 Å². The zero-order valence-electron chi connectivity index (χ0n) is 18.2. The van der Waals surface area contributed by atoms with Gasteiger partial charge in [-0.3, -0.25) is 4.90 Å². The van der Waals surface area contributed by atoms with Crippen LogP contribution in [0.3, 0.4) is 0 Å². The summed E-state index contributed by atoms with van der Waals surface area (Å²) >= 11 is 0. The van der Waals surface area contributed by atoms with Gasteiger partial charge in [0, 0.05) is 38.3 Å². The molecule has 31 heavy (non-hydrogen) atoms. The first-order valence-electron chi connectivity index (χ1n) is 11.3. The summed E-state index contributed by atoms with van der Waals surface area (Å²) in [5.41, 5.74) is 3.77. The van der Waals surface area contributed by atoms with Crippen molar-refractivity contribution in [2.75, 3.05) is 24.6 Å². The normalized spacial score (nSPS) is 18.8. The quantitative estimate of drug-likeness (QED) is 0.575. The van der Waals surface area contributed by atoms with Gasteiger partial charge in [0.15, 0.2) is 0 Å². The highest BCUT2D eigenvalue weighted by Crippen LogP contribution is 2.29. The SMILES string of the molecule is Cc1nc2c(c(N(Cc3ccco3)CC3CCCO3)n1)CCN(Cc1ccccc1)C2. The molecule has 3 aromatic rings. The molecule has 1 aromatic carbocycles. The van der Waals surface area contributed by atoms with E-state index in [0.29, 0.717) is 6.54 Å². The molecule has 0 saturated carbocycles. The second-order valence-corrected chi connectivity index (χ2v) is 8.56. The van der Waals surface area contributed by atoms with Crippen molar-refractivity contribution in [3.63, 3.8) is 0 Å². The van der Waals surface area contributed by atoms with Crippen LogP contribution < -0.4 is 4.90 Å². The third-order valence-electron chi connectivity index (χ3n) is 6.16. The van der Waals surface area contributed by atoms with Crippen LogP contribution in [-0.2, 0) is 30.8 Å². The van der Waals surface area contributed by atoms with E-state index in [1.807, 2.05) is 19.1 Å². The molecule has 0 N–H and O–H groups in total. The molecule has 4 heterocycles. The second kappa shape index (κ2) is 9.20. The number of ether oxygens (including phenoxy) is 1. The number of benzene rings is 1. The van der Waals surface area contributed by atoms with Crippen molar-refractivity contribution in [3.05, 3.63) is 77.1 Å². The van der Waals surface area contributed by atoms with Gasteiger partial charge in [0.2, 0.25) is 0 Å². The summed E-state index contributed by atoms with van der Waals surface area (Å²) in [6.45, 7) is 7.20. The maximum Gasteiger partial charge on any atom is 0.136 e. The lowest BCUT2D eigenvalue weighted by molar-refractivity contribution is 0.115. The van der Waals surface area contributed by atoms with E-state index >= 15 is 0 Å². The van der Waals surface area contributed by atoms with Crippen LogP contribution >= 0.6 is 0 Å². The van der Waals surface area contributed by atoms with Crippen molar-refractivity contribution in [2.24, 2.45) is 0 Å². The molecule has 1 unspecified atom stereocenters. The van der Waals surface area contributed by atoms with E-state index in [-0.39, 0.29) is 6.10 Å². The lowest BCUT2D eigenvalue weighted by atomic mass is 10.0. The maximum atomic E-state index is 5.96. The summed E-state index contributed by atoms with van der Waals surface area (Å²) in [5, 5.41) is 0.